The normalized spacial score (nSPS) is 10.9. The van der Waals surface area contributed by atoms with Gasteiger partial charge in [-0.25, -0.2) is 4.98 Å². The van der Waals surface area contributed by atoms with Gasteiger partial charge in [-0.05, 0) is 25.0 Å². The predicted octanol–water partition coefficient (Wildman–Crippen LogP) is 4.32. The zero-order valence-corrected chi connectivity index (χ0v) is 14.0. The lowest BCUT2D eigenvalue weighted by molar-refractivity contribution is -0.116. The highest BCUT2D eigenvalue weighted by molar-refractivity contribution is 5.94. The summed E-state index contributed by atoms with van der Waals surface area (Å²) in [6, 6.07) is 9.83. The number of rotatable bonds is 9. The summed E-state index contributed by atoms with van der Waals surface area (Å²) in [5.41, 5.74) is 1.01. The van der Waals surface area contributed by atoms with Gasteiger partial charge in [0.15, 0.2) is 0 Å². The maximum absolute atomic E-state index is 12.0. The molecule has 2 aromatic heterocycles. The zero-order chi connectivity index (χ0) is 17.5. The average molecular weight is 339 g/mol. The quantitative estimate of drug-likeness (QED) is 0.449. The van der Waals surface area contributed by atoms with Crippen molar-refractivity contribution >= 4 is 28.4 Å². The third kappa shape index (κ3) is 4.79. The largest absolute Gasteiger partial charge is 0.442 e. The third-order valence-corrected chi connectivity index (χ3v) is 4.03. The number of carbonyl (C=O) groups is 2. The van der Waals surface area contributed by atoms with E-state index in [0.29, 0.717) is 12.8 Å². The summed E-state index contributed by atoms with van der Waals surface area (Å²) in [6.07, 6.45) is 7.19. The van der Waals surface area contributed by atoms with E-state index in [0.717, 1.165) is 42.4 Å². The summed E-state index contributed by atoms with van der Waals surface area (Å²) in [7, 11) is 0. The number of aromatic nitrogens is 2. The molecule has 6 nitrogen and oxygen atoms in total. The van der Waals surface area contributed by atoms with Crippen LogP contribution in [0.5, 0.6) is 0 Å². The van der Waals surface area contributed by atoms with E-state index in [1.54, 1.807) is 0 Å². The Morgan fingerprint density at radius 1 is 1.08 bits per heavy atom. The molecule has 0 saturated carbocycles. The number of hydrogen-bond acceptors (Lipinski definition) is 4. The Kier molecular flexibility index (Phi) is 5.61. The molecule has 0 radical (unpaired) electrons. The van der Waals surface area contributed by atoms with Crippen LogP contribution in [0.4, 0.5) is 5.82 Å². The highest BCUT2D eigenvalue weighted by atomic mass is 16.3. The number of Topliss-reactive ketones (excluding diaryl/α,β-unsaturated/α-hetero) is 1. The first-order chi connectivity index (χ1) is 12.2. The minimum absolute atomic E-state index is 0.00224. The van der Waals surface area contributed by atoms with Gasteiger partial charge >= 0.3 is 0 Å². The first kappa shape index (κ1) is 17.0. The molecule has 0 bridgehead atoms. The number of H-pyrrole nitrogens is 1. The first-order valence-electron chi connectivity index (χ1n) is 8.53. The van der Waals surface area contributed by atoms with E-state index in [2.05, 4.69) is 15.3 Å². The Morgan fingerprint density at radius 2 is 1.88 bits per heavy atom. The van der Waals surface area contributed by atoms with Crippen LogP contribution >= 0.6 is 0 Å². The van der Waals surface area contributed by atoms with E-state index in [4.69, 9.17) is 4.42 Å². The average Bonchev–Trinajstić information content (AvgIpc) is 3.26. The van der Waals surface area contributed by atoms with Gasteiger partial charge in [-0.2, -0.15) is 0 Å². The van der Waals surface area contributed by atoms with Crippen molar-refractivity contribution in [2.24, 2.45) is 0 Å². The molecule has 3 rings (SSSR count). The molecule has 25 heavy (non-hydrogen) atoms. The topological polar surface area (TPSA) is 88.0 Å². The molecule has 3 aromatic rings. The van der Waals surface area contributed by atoms with Gasteiger partial charge in [0.05, 0.1) is 6.20 Å². The minimum Gasteiger partial charge on any atom is -0.442 e. The molecule has 6 heteroatoms. The van der Waals surface area contributed by atoms with Crippen molar-refractivity contribution in [2.45, 2.75) is 38.5 Å². The Hall–Kier alpha value is -2.89. The SMILES string of the molecule is O=C(CCCCCCC(=O)c1ncco1)Nc1cc2ccccc2[nH]1. The summed E-state index contributed by atoms with van der Waals surface area (Å²) in [6.45, 7) is 0. The van der Waals surface area contributed by atoms with Crippen molar-refractivity contribution in [3.05, 3.63) is 48.7 Å². The van der Waals surface area contributed by atoms with Gasteiger partial charge in [0.25, 0.3) is 5.89 Å². The number of hydrogen-bond donors (Lipinski definition) is 2. The fourth-order valence-corrected chi connectivity index (χ4v) is 2.75. The van der Waals surface area contributed by atoms with E-state index in [1.165, 1.54) is 12.5 Å². The van der Waals surface area contributed by atoms with E-state index in [-0.39, 0.29) is 17.6 Å². The first-order valence-corrected chi connectivity index (χ1v) is 8.53. The monoisotopic (exact) mass is 339 g/mol. The van der Waals surface area contributed by atoms with Crippen molar-refractivity contribution in [3.8, 4) is 0 Å². The second kappa shape index (κ2) is 8.28. The summed E-state index contributed by atoms with van der Waals surface area (Å²) in [5, 5.41) is 3.97. The fraction of sp³-hybridized carbons (Fsp3) is 0.316. The number of ketones is 1. The summed E-state index contributed by atoms with van der Waals surface area (Å²) >= 11 is 0. The molecule has 0 atom stereocenters. The number of nitrogens with zero attached hydrogens (tertiary/aromatic N) is 1. The summed E-state index contributed by atoms with van der Waals surface area (Å²) in [5.74, 6) is 0.837. The Bertz CT molecular complexity index is 804. The van der Waals surface area contributed by atoms with Crippen LogP contribution < -0.4 is 5.32 Å². The third-order valence-electron chi connectivity index (χ3n) is 4.03. The van der Waals surface area contributed by atoms with E-state index >= 15 is 0 Å². The molecule has 1 aromatic carbocycles. The molecule has 130 valence electrons. The number of oxazole rings is 1. The number of aromatic amines is 1. The van der Waals surface area contributed by atoms with Gasteiger partial charge in [-0.3, -0.25) is 9.59 Å². The number of amides is 1. The van der Waals surface area contributed by atoms with Crippen molar-refractivity contribution in [1.29, 1.82) is 0 Å². The lowest BCUT2D eigenvalue weighted by Crippen LogP contribution is -2.11. The van der Waals surface area contributed by atoms with Crippen molar-refractivity contribution < 1.29 is 14.0 Å². The van der Waals surface area contributed by atoms with Crippen LogP contribution in [-0.2, 0) is 4.79 Å². The number of unbranched alkanes of at least 4 members (excludes halogenated alkanes) is 3. The van der Waals surface area contributed by atoms with Crippen LogP contribution in [0.1, 0.15) is 49.2 Å². The molecule has 0 aliphatic rings. The minimum atomic E-state index is -0.0680. The van der Waals surface area contributed by atoms with Crippen LogP contribution in [0.3, 0.4) is 0 Å². The van der Waals surface area contributed by atoms with Crippen molar-refractivity contribution in [2.75, 3.05) is 5.32 Å². The number of nitrogens with one attached hydrogen (secondary N) is 2. The van der Waals surface area contributed by atoms with Gasteiger partial charge in [0.1, 0.15) is 12.1 Å². The molecule has 0 aliphatic carbocycles. The molecule has 2 N–H and O–H groups in total. The highest BCUT2D eigenvalue weighted by Gasteiger charge is 2.10. The van der Waals surface area contributed by atoms with Gasteiger partial charge < -0.3 is 14.7 Å². The van der Waals surface area contributed by atoms with Gasteiger partial charge in [-0.15, -0.1) is 0 Å². The summed E-state index contributed by atoms with van der Waals surface area (Å²) < 4.78 is 4.97. The maximum atomic E-state index is 12.0. The number of carbonyl (C=O) groups excluding carboxylic acids is 2. The molecule has 2 heterocycles. The standard InChI is InChI=1S/C19H21N3O3/c23-16(19-20-11-12-25-19)9-3-1-2-4-10-18(24)22-17-13-14-7-5-6-8-15(14)21-17/h5-8,11-13,21H,1-4,9-10H2,(H,22,24). The van der Waals surface area contributed by atoms with E-state index in [9.17, 15) is 9.59 Å². The molecule has 1 amide bonds. The van der Waals surface area contributed by atoms with Crippen LogP contribution in [0, 0.1) is 0 Å². The number of benzene rings is 1. The second-order valence-electron chi connectivity index (χ2n) is 5.99. The molecule has 0 saturated heterocycles. The molecule has 0 unspecified atom stereocenters. The lowest BCUT2D eigenvalue weighted by Gasteiger charge is -2.03. The molecular formula is C19H21N3O3. The number of para-hydroxylation sites is 1. The zero-order valence-electron chi connectivity index (χ0n) is 14.0. The van der Waals surface area contributed by atoms with Gasteiger partial charge in [0.2, 0.25) is 11.7 Å². The van der Waals surface area contributed by atoms with Crippen LogP contribution in [0.2, 0.25) is 0 Å². The lowest BCUT2D eigenvalue weighted by atomic mass is 10.1. The fourth-order valence-electron chi connectivity index (χ4n) is 2.75. The van der Waals surface area contributed by atoms with Crippen LogP contribution in [0.25, 0.3) is 10.9 Å². The Balaban J connectivity index is 1.31. The van der Waals surface area contributed by atoms with E-state index in [1.807, 2.05) is 30.3 Å². The molecule has 0 fully saturated rings. The van der Waals surface area contributed by atoms with Crippen LogP contribution in [-0.4, -0.2) is 21.7 Å². The van der Waals surface area contributed by atoms with Crippen LogP contribution in [0.15, 0.2) is 47.2 Å². The number of anilines is 1. The Morgan fingerprint density at radius 3 is 2.64 bits per heavy atom. The second-order valence-corrected chi connectivity index (χ2v) is 5.99. The predicted molar refractivity (Wildman–Crippen MR) is 95.5 cm³/mol. The maximum Gasteiger partial charge on any atom is 0.263 e. The molecular weight excluding hydrogens is 318 g/mol. The highest BCUT2D eigenvalue weighted by Crippen LogP contribution is 2.18. The van der Waals surface area contributed by atoms with Crippen molar-refractivity contribution in [3.63, 3.8) is 0 Å². The molecule has 0 aliphatic heterocycles. The van der Waals surface area contributed by atoms with Gasteiger partial charge in [0, 0.05) is 23.7 Å². The van der Waals surface area contributed by atoms with Crippen molar-refractivity contribution in [1.82, 2.24) is 9.97 Å². The summed E-state index contributed by atoms with van der Waals surface area (Å²) in [4.78, 5) is 30.7. The Labute approximate surface area is 145 Å². The van der Waals surface area contributed by atoms with E-state index < -0.39 is 0 Å². The number of fused-ring (bicyclic) bond motifs is 1. The molecule has 0 spiro atoms. The smallest absolute Gasteiger partial charge is 0.263 e. The van der Waals surface area contributed by atoms with Gasteiger partial charge in [-0.1, -0.05) is 31.0 Å².